The zero-order valence-corrected chi connectivity index (χ0v) is 23.5. The Bertz CT molecular complexity index is 1740. The van der Waals surface area contributed by atoms with Crippen LogP contribution in [0.1, 0.15) is 16.7 Å². The van der Waals surface area contributed by atoms with Gasteiger partial charge >= 0.3 is 0 Å². The number of morpholine rings is 1. The first-order valence-electron chi connectivity index (χ1n) is 12.5. The number of rotatable bonds is 5. The molecule has 1 amide bonds. The Labute approximate surface area is 234 Å². The third-order valence-corrected chi connectivity index (χ3v) is 9.59. The van der Waals surface area contributed by atoms with Crippen molar-refractivity contribution in [2.45, 2.75) is 11.4 Å². The maximum absolute atomic E-state index is 13.5. The van der Waals surface area contributed by atoms with Crippen LogP contribution in [-0.4, -0.2) is 56.5 Å². The lowest BCUT2D eigenvalue weighted by atomic mass is 10.0. The van der Waals surface area contributed by atoms with Gasteiger partial charge in [-0.25, -0.2) is 12.8 Å². The van der Waals surface area contributed by atoms with Gasteiger partial charge in [0.05, 0.1) is 23.8 Å². The number of hydrogen-bond donors (Lipinski definition) is 0. The molecular weight excluding hydrogens is 585 g/mol. The van der Waals surface area contributed by atoms with Gasteiger partial charge in [-0.15, -0.1) is 0 Å². The molecule has 7 nitrogen and oxygen atoms in total. The first kappa shape index (κ1) is 25.9. The van der Waals surface area contributed by atoms with Crippen LogP contribution in [0.25, 0.3) is 22.6 Å². The summed E-state index contributed by atoms with van der Waals surface area (Å²) in [4.78, 5) is 15.1. The van der Waals surface area contributed by atoms with E-state index >= 15 is 0 Å². The highest BCUT2D eigenvalue weighted by Crippen LogP contribution is 2.40. The fraction of sp³-hybridized carbons (Fsp3) is 0.207. The SMILES string of the molecule is CN1C(=O)C(=Cc2cn(Cc3ccc(F)cc3)c3ccc(Br)cc23)c2cc(S(=O)(=O)N3CCOCC3)ccc21. The van der Waals surface area contributed by atoms with E-state index in [-0.39, 0.29) is 16.6 Å². The van der Waals surface area contributed by atoms with Crippen molar-refractivity contribution >= 4 is 60.1 Å². The molecule has 0 unspecified atom stereocenters. The number of amides is 1. The molecule has 1 saturated heterocycles. The van der Waals surface area contributed by atoms with Crippen molar-refractivity contribution in [1.29, 1.82) is 0 Å². The Hall–Kier alpha value is -3.31. The number of sulfonamides is 1. The van der Waals surface area contributed by atoms with E-state index in [2.05, 4.69) is 20.5 Å². The molecule has 4 aromatic rings. The number of ether oxygens (including phenoxy) is 1. The topological polar surface area (TPSA) is 71.9 Å². The molecule has 2 aliphatic rings. The lowest BCUT2D eigenvalue weighted by molar-refractivity contribution is -0.112. The minimum atomic E-state index is -3.73. The number of fused-ring (bicyclic) bond motifs is 2. The van der Waals surface area contributed by atoms with Gasteiger partial charge in [0.25, 0.3) is 5.91 Å². The zero-order valence-electron chi connectivity index (χ0n) is 21.1. The average molecular weight is 611 g/mol. The van der Waals surface area contributed by atoms with Crippen LogP contribution in [0, 0.1) is 5.82 Å². The van der Waals surface area contributed by atoms with Gasteiger partial charge in [0.2, 0.25) is 10.0 Å². The van der Waals surface area contributed by atoms with Crippen molar-refractivity contribution < 1.29 is 22.3 Å². The molecule has 3 aromatic carbocycles. The number of carbonyl (C=O) groups excluding carboxylic acids is 1. The lowest BCUT2D eigenvalue weighted by Gasteiger charge is -2.26. The fourth-order valence-electron chi connectivity index (χ4n) is 5.15. The minimum absolute atomic E-state index is 0.152. The summed E-state index contributed by atoms with van der Waals surface area (Å²) in [5.41, 5.74) is 4.37. The average Bonchev–Trinajstić information content (AvgIpc) is 3.39. The molecule has 6 rings (SSSR count). The first-order valence-corrected chi connectivity index (χ1v) is 14.7. The van der Waals surface area contributed by atoms with Gasteiger partial charge in [-0.1, -0.05) is 28.1 Å². The zero-order chi connectivity index (χ0) is 27.3. The van der Waals surface area contributed by atoms with Crippen LogP contribution in [0.3, 0.4) is 0 Å². The molecule has 2 aliphatic heterocycles. The molecule has 1 fully saturated rings. The van der Waals surface area contributed by atoms with Gasteiger partial charge in [-0.2, -0.15) is 4.31 Å². The molecule has 0 N–H and O–H groups in total. The Morgan fingerprint density at radius 2 is 1.77 bits per heavy atom. The van der Waals surface area contributed by atoms with E-state index in [4.69, 9.17) is 4.74 Å². The monoisotopic (exact) mass is 609 g/mol. The van der Waals surface area contributed by atoms with Crippen molar-refractivity contribution in [2.75, 3.05) is 38.3 Å². The van der Waals surface area contributed by atoms with Crippen molar-refractivity contribution in [3.05, 3.63) is 93.8 Å². The molecule has 10 heteroatoms. The van der Waals surface area contributed by atoms with Crippen LogP contribution >= 0.6 is 15.9 Å². The van der Waals surface area contributed by atoms with Gasteiger partial charge in [0, 0.05) is 65.0 Å². The van der Waals surface area contributed by atoms with E-state index in [9.17, 15) is 17.6 Å². The highest BCUT2D eigenvalue weighted by molar-refractivity contribution is 9.10. The summed E-state index contributed by atoms with van der Waals surface area (Å²) in [6, 6.07) is 17.2. The summed E-state index contributed by atoms with van der Waals surface area (Å²) in [5.74, 6) is -0.497. The van der Waals surface area contributed by atoms with Crippen LogP contribution in [0.15, 0.2) is 76.2 Å². The maximum Gasteiger partial charge on any atom is 0.258 e. The molecule has 0 bridgehead atoms. The second-order valence-electron chi connectivity index (χ2n) is 9.62. The van der Waals surface area contributed by atoms with Gasteiger partial charge in [0.1, 0.15) is 5.82 Å². The van der Waals surface area contributed by atoms with E-state index in [1.807, 2.05) is 30.5 Å². The van der Waals surface area contributed by atoms with E-state index in [1.165, 1.54) is 16.4 Å². The molecule has 0 radical (unpaired) electrons. The molecule has 0 spiro atoms. The first-order chi connectivity index (χ1) is 18.7. The Morgan fingerprint density at radius 3 is 2.51 bits per heavy atom. The van der Waals surface area contributed by atoms with Gasteiger partial charge in [-0.3, -0.25) is 4.79 Å². The summed E-state index contributed by atoms with van der Waals surface area (Å²) < 4.78 is 49.8. The highest BCUT2D eigenvalue weighted by Gasteiger charge is 2.33. The van der Waals surface area contributed by atoms with Gasteiger partial charge in [-0.05, 0) is 60.2 Å². The van der Waals surface area contributed by atoms with Crippen molar-refractivity contribution in [2.24, 2.45) is 0 Å². The standard InChI is InChI=1S/C29H25BrFN3O4S/c1-32-27-9-7-23(39(36,37)34-10-12-38-13-11-34)16-25(27)26(29(32)35)14-20-18-33(17-19-2-5-22(31)6-3-19)28-8-4-21(30)15-24(20)28/h2-9,14-16,18H,10-13,17H2,1H3. The highest BCUT2D eigenvalue weighted by atomic mass is 79.9. The van der Waals surface area contributed by atoms with Gasteiger partial charge in [0.15, 0.2) is 0 Å². The number of benzene rings is 3. The molecule has 3 heterocycles. The largest absolute Gasteiger partial charge is 0.379 e. The predicted octanol–water partition coefficient (Wildman–Crippen LogP) is 5.13. The van der Waals surface area contributed by atoms with E-state index < -0.39 is 10.0 Å². The number of anilines is 1. The summed E-state index contributed by atoms with van der Waals surface area (Å²) in [5, 5.41) is 0.931. The summed E-state index contributed by atoms with van der Waals surface area (Å²) in [7, 11) is -2.04. The Balaban J connectivity index is 1.45. The smallest absolute Gasteiger partial charge is 0.258 e. The number of halogens is 2. The van der Waals surface area contributed by atoms with Crippen molar-refractivity contribution in [3.8, 4) is 0 Å². The van der Waals surface area contributed by atoms with Crippen molar-refractivity contribution in [1.82, 2.24) is 8.87 Å². The molecule has 0 atom stereocenters. The van der Waals surface area contributed by atoms with Gasteiger partial charge < -0.3 is 14.2 Å². The molecule has 0 saturated carbocycles. The molecule has 200 valence electrons. The Kier molecular flexibility index (Phi) is 6.66. The number of carbonyl (C=O) groups is 1. The molecule has 0 aliphatic carbocycles. The molecular formula is C29H25BrFN3O4S. The number of nitrogens with zero attached hydrogens (tertiary/aromatic N) is 3. The third-order valence-electron chi connectivity index (χ3n) is 7.20. The fourth-order valence-corrected chi connectivity index (χ4v) is 6.95. The summed E-state index contributed by atoms with van der Waals surface area (Å²) >= 11 is 3.55. The van der Waals surface area contributed by atoms with Crippen LogP contribution in [0.4, 0.5) is 10.1 Å². The number of likely N-dealkylation sites (N-methyl/N-ethyl adjacent to an activating group) is 1. The number of aromatic nitrogens is 1. The van der Waals surface area contributed by atoms with E-state index in [0.717, 1.165) is 26.5 Å². The second-order valence-corrected chi connectivity index (χ2v) is 12.5. The predicted molar refractivity (Wildman–Crippen MR) is 152 cm³/mol. The van der Waals surface area contributed by atoms with Crippen LogP contribution in [0.5, 0.6) is 0 Å². The normalized spacial score (nSPS) is 17.4. The Morgan fingerprint density at radius 1 is 1.03 bits per heavy atom. The molecule has 39 heavy (non-hydrogen) atoms. The van der Waals surface area contributed by atoms with Crippen LogP contribution < -0.4 is 4.90 Å². The lowest BCUT2D eigenvalue weighted by Crippen LogP contribution is -2.40. The summed E-state index contributed by atoms with van der Waals surface area (Å²) in [6.07, 6.45) is 3.79. The quantitative estimate of drug-likeness (QED) is 0.294. The maximum atomic E-state index is 13.5. The van der Waals surface area contributed by atoms with E-state index in [0.29, 0.717) is 49.7 Å². The van der Waals surface area contributed by atoms with Crippen LogP contribution in [0.2, 0.25) is 0 Å². The minimum Gasteiger partial charge on any atom is -0.379 e. The van der Waals surface area contributed by atoms with Crippen LogP contribution in [-0.2, 0) is 26.1 Å². The molecule has 1 aromatic heterocycles. The van der Waals surface area contributed by atoms with Crippen molar-refractivity contribution in [3.63, 3.8) is 0 Å². The second kappa shape index (κ2) is 10.0. The summed E-state index contributed by atoms with van der Waals surface area (Å²) in [6.45, 7) is 1.82. The third kappa shape index (κ3) is 4.71. The van der Waals surface area contributed by atoms with E-state index in [1.54, 1.807) is 42.3 Å². The number of hydrogen-bond acceptors (Lipinski definition) is 4.